The summed E-state index contributed by atoms with van der Waals surface area (Å²) in [6.07, 6.45) is 1.17. The van der Waals surface area contributed by atoms with Crippen molar-refractivity contribution in [1.29, 1.82) is 0 Å². The van der Waals surface area contributed by atoms with Crippen LogP contribution in [0.1, 0.15) is 36.2 Å². The Kier molecular flexibility index (Phi) is 3.69. The molecular formula is C15H22N2O2. The number of aromatic carboxylic acids is 1. The van der Waals surface area contributed by atoms with Crippen LogP contribution in [-0.4, -0.2) is 24.2 Å². The Hall–Kier alpha value is -1.71. The fourth-order valence-electron chi connectivity index (χ4n) is 2.70. The smallest absolute Gasteiger partial charge is 0.337 e. The van der Waals surface area contributed by atoms with E-state index in [1.54, 1.807) is 6.07 Å². The Morgan fingerprint density at radius 2 is 2.16 bits per heavy atom. The van der Waals surface area contributed by atoms with Gasteiger partial charge in [-0.3, -0.25) is 0 Å². The highest BCUT2D eigenvalue weighted by molar-refractivity contribution is 5.95. The third-order valence-corrected chi connectivity index (χ3v) is 4.13. The van der Waals surface area contributed by atoms with Gasteiger partial charge in [-0.1, -0.05) is 13.8 Å². The summed E-state index contributed by atoms with van der Waals surface area (Å²) in [4.78, 5) is 13.5. The van der Waals surface area contributed by atoms with Gasteiger partial charge < -0.3 is 15.7 Å². The SMILES string of the molecule is Cc1cc(N2CCC(C(C)C)C2)cc(C(=O)O)c1N. The standard InChI is InChI=1S/C15H22N2O2/c1-9(2)11-4-5-17(8-11)12-6-10(3)14(16)13(7-12)15(18)19/h6-7,9,11H,4-5,8,16H2,1-3H3,(H,18,19). The molecule has 1 aliphatic rings. The topological polar surface area (TPSA) is 66.6 Å². The maximum absolute atomic E-state index is 11.2. The second-order valence-corrected chi connectivity index (χ2v) is 5.77. The van der Waals surface area contributed by atoms with Crippen LogP contribution in [0.3, 0.4) is 0 Å². The molecule has 1 unspecified atom stereocenters. The number of nitrogens with zero attached hydrogens (tertiary/aromatic N) is 1. The summed E-state index contributed by atoms with van der Waals surface area (Å²) < 4.78 is 0. The number of carbonyl (C=O) groups is 1. The maximum atomic E-state index is 11.2. The number of nitrogen functional groups attached to an aromatic ring is 1. The predicted molar refractivity (Wildman–Crippen MR) is 77.7 cm³/mol. The van der Waals surface area contributed by atoms with E-state index in [4.69, 9.17) is 5.73 Å². The first-order valence-corrected chi connectivity index (χ1v) is 6.78. The molecule has 19 heavy (non-hydrogen) atoms. The van der Waals surface area contributed by atoms with Crippen LogP contribution in [0.25, 0.3) is 0 Å². The lowest BCUT2D eigenvalue weighted by molar-refractivity contribution is 0.0698. The Balaban J connectivity index is 2.29. The zero-order valence-electron chi connectivity index (χ0n) is 11.8. The highest BCUT2D eigenvalue weighted by atomic mass is 16.4. The molecular weight excluding hydrogens is 240 g/mol. The highest BCUT2D eigenvalue weighted by Crippen LogP contribution is 2.31. The molecule has 1 aromatic rings. The molecule has 1 fully saturated rings. The minimum atomic E-state index is -0.956. The molecule has 4 nitrogen and oxygen atoms in total. The molecule has 0 bridgehead atoms. The molecule has 0 aliphatic carbocycles. The van der Waals surface area contributed by atoms with Gasteiger partial charge in [0.15, 0.2) is 0 Å². The van der Waals surface area contributed by atoms with Crippen LogP contribution in [0.4, 0.5) is 11.4 Å². The molecule has 0 spiro atoms. The van der Waals surface area contributed by atoms with E-state index in [1.807, 2.05) is 13.0 Å². The third kappa shape index (κ3) is 2.67. The molecule has 3 N–H and O–H groups in total. The lowest BCUT2D eigenvalue weighted by atomic mass is 9.95. The van der Waals surface area contributed by atoms with Crippen molar-refractivity contribution in [1.82, 2.24) is 0 Å². The van der Waals surface area contributed by atoms with Gasteiger partial charge in [-0.15, -0.1) is 0 Å². The molecule has 1 aromatic carbocycles. The summed E-state index contributed by atoms with van der Waals surface area (Å²) in [7, 11) is 0. The van der Waals surface area contributed by atoms with Gasteiger partial charge in [-0.05, 0) is 42.9 Å². The molecule has 0 saturated carbocycles. The van der Waals surface area contributed by atoms with Crippen molar-refractivity contribution < 1.29 is 9.90 Å². The van der Waals surface area contributed by atoms with Crippen molar-refractivity contribution in [2.24, 2.45) is 11.8 Å². The molecule has 0 amide bonds. The Morgan fingerprint density at radius 3 is 2.68 bits per heavy atom. The van der Waals surface area contributed by atoms with Crippen molar-refractivity contribution in [2.75, 3.05) is 23.7 Å². The van der Waals surface area contributed by atoms with Gasteiger partial charge in [0.25, 0.3) is 0 Å². The van der Waals surface area contributed by atoms with Crippen LogP contribution in [0.2, 0.25) is 0 Å². The van der Waals surface area contributed by atoms with Gasteiger partial charge >= 0.3 is 5.97 Å². The van der Waals surface area contributed by atoms with Crippen molar-refractivity contribution in [3.63, 3.8) is 0 Å². The first kappa shape index (κ1) is 13.7. The Labute approximate surface area is 114 Å². The number of nitrogens with two attached hydrogens (primary N) is 1. The number of hydrogen-bond acceptors (Lipinski definition) is 3. The predicted octanol–water partition coefficient (Wildman–Crippen LogP) is 2.76. The molecule has 1 atom stereocenters. The zero-order valence-corrected chi connectivity index (χ0v) is 11.8. The first-order valence-electron chi connectivity index (χ1n) is 6.78. The summed E-state index contributed by atoms with van der Waals surface area (Å²) >= 11 is 0. The van der Waals surface area contributed by atoms with Gasteiger partial charge in [0.2, 0.25) is 0 Å². The number of carboxylic acid groups (broad SMARTS) is 1. The van der Waals surface area contributed by atoms with Crippen LogP contribution in [0.5, 0.6) is 0 Å². The average molecular weight is 262 g/mol. The average Bonchev–Trinajstić information content (AvgIpc) is 2.81. The van der Waals surface area contributed by atoms with Gasteiger partial charge in [0.1, 0.15) is 0 Å². The number of hydrogen-bond donors (Lipinski definition) is 2. The largest absolute Gasteiger partial charge is 0.478 e. The summed E-state index contributed by atoms with van der Waals surface area (Å²) in [5, 5.41) is 9.20. The van der Waals surface area contributed by atoms with Crippen LogP contribution in [0.15, 0.2) is 12.1 Å². The summed E-state index contributed by atoms with van der Waals surface area (Å²) in [5.41, 5.74) is 8.22. The van der Waals surface area contributed by atoms with Gasteiger partial charge in [-0.2, -0.15) is 0 Å². The molecule has 2 rings (SSSR count). The minimum Gasteiger partial charge on any atom is -0.478 e. The van der Waals surface area contributed by atoms with E-state index in [9.17, 15) is 9.90 Å². The zero-order chi connectivity index (χ0) is 14.2. The highest BCUT2D eigenvalue weighted by Gasteiger charge is 2.26. The van der Waals surface area contributed by atoms with E-state index in [1.165, 1.54) is 6.42 Å². The van der Waals surface area contributed by atoms with E-state index < -0.39 is 5.97 Å². The molecule has 1 aliphatic heterocycles. The molecule has 1 heterocycles. The fraction of sp³-hybridized carbons (Fsp3) is 0.533. The fourth-order valence-corrected chi connectivity index (χ4v) is 2.70. The van der Waals surface area contributed by atoms with Crippen molar-refractivity contribution >= 4 is 17.3 Å². The molecule has 1 saturated heterocycles. The second kappa shape index (κ2) is 5.11. The van der Waals surface area contributed by atoms with E-state index >= 15 is 0 Å². The van der Waals surface area contributed by atoms with Crippen LogP contribution >= 0.6 is 0 Å². The summed E-state index contributed by atoms with van der Waals surface area (Å²) in [6.45, 7) is 8.34. The van der Waals surface area contributed by atoms with Crippen molar-refractivity contribution in [2.45, 2.75) is 27.2 Å². The maximum Gasteiger partial charge on any atom is 0.337 e. The number of carboxylic acids is 1. The molecule has 104 valence electrons. The molecule has 0 aromatic heterocycles. The number of benzene rings is 1. The van der Waals surface area contributed by atoms with E-state index in [-0.39, 0.29) is 5.56 Å². The van der Waals surface area contributed by atoms with Gasteiger partial charge in [-0.25, -0.2) is 4.79 Å². The third-order valence-electron chi connectivity index (χ3n) is 4.13. The molecule has 4 heteroatoms. The number of aryl methyl sites for hydroxylation is 1. The first-order chi connectivity index (χ1) is 8.90. The normalized spacial score (nSPS) is 19.2. The quantitative estimate of drug-likeness (QED) is 0.822. The van der Waals surface area contributed by atoms with Gasteiger partial charge in [0.05, 0.1) is 5.56 Å². The number of anilines is 2. The summed E-state index contributed by atoms with van der Waals surface area (Å²) in [6, 6.07) is 3.69. The van der Waals surface area contributed by atoms with E-state index in [2.05, 4.69) is 18.7 Å². The van der Waals surface area contributed by atoms with Gasteiger partial charge in [0, 0.05) is 24.5 Å². The Morgan fingerprint density at radius 1 is 1.47 bits per heavy atom. The van der Waals surface area contributed by atoms with E-state index in [0.29, 0.717) is 17.5 Å². The van der Waals surface area contributed by atoms with Crippen LogP contribution in [-0.2, 0) is 0 Å². The van der Waals surface area contributed by atoms with Crippen LogP contribution < -0.4 is 10.6 Å². The Bertz CT molecular complexity index is 497. The van der Waals surface area contributed by atoms with Crippen molar-refractivity contribution in [3.8, 4) is 0 Å². The van der Waals surface area contributed by atoms with Crippen LogP contribution in [0, 0.1) is 18.8 Å². The monoisotopic (exact) mass is 262 g/mol. The van der Waals surface area contributed by atoms with E-state index in [0.717, 1.165) is 24.3 Å². The lowest BCUT2D eigenvalue weighted by Crippen LogP contribution is -2.22. The molecule has 0 radical (unpaired) electrons. The minimum absolute atomic E-state index is 0.211. The van der Waals surface area contributed by atoms with Crippen molar-refractivity contribution in [3.05, 3.63) is 23.3 Å². The lowest BCUT2D eigenvalue weighted by Gasteiger charge is -2.21. The second-order valence-electron chi connectivity index (χ2n) is 5.77. The number of rotatable bonds is 3. The summed E-state index contributed by atoms with van der Waals surface area (Å²) in [5.74, 6) is 0.395.